The summed E-state index contributed by atoms with van der Waals surface area (Å²) in [5.74, 6) is -0.260. The van der Waals surface area contributed by atoms with Crippen LogP contribution in [0.25, 0.3) is 0 Å². The van der Waals surface area contributed by atoms with Gasteiger partial charge in [-0.05, 0) is 67.1 Å². The number of hydrogen-bond acceptors (Lipinski definition) is 3. The lowest BCUT2D eigenvalue weighted by Crippen LogP contribution is -2.14. The van der Waals surface area contributed by atoms with E-state index in [1.165, 1.54) is 11.1 Å². The number of aryl methyl sites for hydroxylation is 3. The van der Waals surface area contributed by atoms with Crippen LogP contribution in [0, 0.1) is 6.92 Å². The van der Waals surface area contributed by atoms with Gasteiger partial charge in [0.25, 0.3) is 5.91 Å². The molecule has 0 bridgehead atoms. The van der Waals surface area contributed by atoms with E-state index in [1.54, 1.807) is 25.1 Å². The second-order valence-electron chi connectivity index (χ2n) is 6.20. The van der Waals surface area contributed by atoms with Crippen LogP contribution < -0.4 is 10.0 Å². The van der Waals surface area contributed by atoms with Crippen LogP contribution in [0.3, 0.4) is 0 Å². The maximum absolute atomic E-state index is 12.5. The molecular weight excluding hydrogens is 324 g/mol. The van der Waals surface area contributed by atoms with Crippen molar-refractivity contribution in [3.63, 3.8) is 0 Å². The van der Waals surface area contributed by atoms with Crippen LogP contribution in [0.4, 0.5) is 11.4 Å². The Morgan fingerprint density at radius 1 is 1.04 bits per heavy atom. The van der Waals surface area contributed by atoms with Crippen molar-refractivity contribution in [2.24, 2.45) is 0 Å². The fraction of sp³-hybridized carbons (Fsp3) is 0.278. The molecule has 0 heterocycles. The van der Waals surface area contributed by atoms with E-state index in [4.69, 9.17) is 0 Å². The molecule has 6 heteroatoms. The van der Waals surface area contributed by atoms with E-state index in [0.29, 0.717) is 11.3 Å². The third kappa shape index (κ3) is 3.76. The Labute approximate surface area is 142 Å². The predicted molar refractivity (Wildman–Crippen MR) is 96.1 cm³/mol. The first-order chi connectivity index (χ1) is 11.3. The number of amides is 1. The summed E-state index contributed by atoms with van der Waals surface area (Å²) in [6.45, 7) is 1.79. The average Bonchev–Trinajstić information content (AvgIpc) is 2.95. The third-order valence-corrected chi connectivity index (χ3v) is 4.74. The molecule has 0 aromatic heterocycles. The first kappa shape index (κ1) is 16.5. The molecule has 1 aliphatic carbocycles. The first-order valence-corrected chi connectivity index (χ1v) is 9.72. The number of nitrogens with one attached hydrogen (secondary N) is 2. The molecule has 2 aromatic rings. The van der Waals surface area contributed by atoms with Gasteiger partial charge in [-0.1, -0.05) is 12.1 Å². The summed E-state index contributed by atoms with van der Waals surface area (Å²) in [6.07, 6.45) is 4.39. The maximum atomic E-state index is 12.5. The van der Waals surface area contributed by atoms with E-state index in [1.807, 2.05) is 12.1 Å². The van der Waals surface area contributed by atoms with Crippen LogP contribution in [0.15, 0.2) is 36.4 Å². The summed E-state index contributed by atoms with van der Waals surface area (Å²) in [4.78, 5) is 12.5. The zero-order chi connectivity index (χ0) is 17.3. The van der Waals surface area contributed by atoms with Crippen LogP contribution in [0.1, 0.15) is 33.5 Å². The van der Waals surface area contributed by atoms with E-state index in [0.717, 1.165) is 36.8 Å². The lowest BCUT2D eigenvalue weighted by Gasteiger charge is -2.11. The summed E-state index contributed by atoms with van der Waals surface area (Å²) < 4.78 is 25.3. The number of benzene rings is 2. The van der Waals surface area contributed by atoms with Crippen LogP contribution in [0.5, 0.6) is 0 Å². The van der Waals surface area contributed by atoms with Gasteiger partial charge in [0.15, 0.2) is 0 Å². The van der Waals surface area contributed by atoms with Crippen molar-refractivity contribution in [2.75, 3.05) is 16.3 Å². The Kier molecular flexibility index (Phi) is 4.32. The van der Waals surface area contributed by atoms with Crippen LogP contribution in [0.2, 0.25) is 0 Å². The second kappa shape index (κ2) is 6.28. The van der Waals surface area contributed by atoms with Gasteiger partial charge in [-0.15, -0.1) is 0 Å². The van der Waals surface area contributed by atoms with Gasteiger partial charge >= 0.3 is 0 Å². The van der Waals surface area contributed by atoms with Crippen LogP contribution in [-0.2, 0) is 22.9 Å². The van der Waals surface area contributed by atoms with Crippen molar-refractivity contribution in [3.8, 4) is 0 Å². The molecule has 0 spiro atoms. The van der Waals surface area contributed by atoms with Gasteiger partial charge in [0.1, 0.15) is 0 Å². The maximum Gasteiger partial charge on any atom is 0.255 e. The number of sulfonamides is 1. The lowest BCUT2D eigenvalue weighted by atomic mass is 10.1. The van der Waals surface area contributed by atoms with Gasteiger partial charge in [0, 0.05) is 11.3 Å². The van der Waals surface area contributed by atoms with Gasteiger partial charge in [0.05, 0.1) is 11.9 Å². The van der Waals surface area contributed by atoms with Crippen LogP contribution in [-0.4, -0.2) is 20.6 Å². The minimum atomic E-state index is -3.39. The molecule has 2 N–H and O–H groups in total. The molecule has 0 radical (unpaired) electrons. The highest BCUT2D eigenvalue weighted by molar-refractivity contribution is 7.92. The molecule has 5 nitrogen and oxygen atoms in total. The minimum absolute atomic E-state index is 0.260. The summed E-state index contributed by atoms with van der Waals surface area (Å²) >= 11 is 0. The Bertz CT molecular complexity index is 904. The standard InChI is InChI=1S/C18H20N2O3S/c1-12-6-7-15(11-17(12)20-24(2,22)23)18(21)19-16-9-8-13-4-3-5-14(13)10-16/h6-11,20H,3-5H2,1-2H3,(H,19,21). The zero-order valence-corrected chi connectivity index (χ0v) is 14.5. The van der Waals surface area contributed by atoms with E-state index in [-0.39, 0.29) is 5.91 Å². The highest BCUT2D eigenvalue weighted by Crippen LogP contribution is 2.25. The van der Waals surface area contributed by atoms with Crippen molar-refractivity contribution < 1.29 is 13.2 Å². The topological polar surface area (TPSA) is 75.3 Å². The summed E-state index contributed by atoms with van der Waals surface area (Å²) in [7, 11) is -3.39. The molecule has 0 saturated carbocycles. The Balaban J connectivity index is 1.81. The SMILES string of the molecule is Cc1ccc(C(=O)Nc2ccc3c(c2)CCC3)cc1NS(C)(=O)=O. The summed E-state index contributed by atoms with van der Waals surface area (Å²) in [5.41, 5.74) is 4.99. The molecule has 2 aromatic carbocycles. The monoisotopic (exact) mass is 344 g/mol. The molecule has 0 unspecified atom stereocenters. The smallest absolute Gasteiger partial charge is 0.255 e. The van der Waals surface area contributed by atoms with Crippen molar-refractivity contribution in [1.29, 1.82) is 0 Å². The Hall–Kier alpha value is -2.34. The molecule has 126 valence electrons. The van der Waals surface area contributed by atoms with Gasteiger partial charge in [-0.25, -0.2) is 8.42 Å². The number of hydrogen-bond donors (Lipinski definition) is 2. The fourth-order valence-corrected chi connectivity index (χ4v) is 3.55. The first-order valence-electron chi connectivity index (χ1n) is 7.83. The Morgan fingerprint density at radius 2 is 1.79 bits per heavy atom. The van der Waals surface area contributed by atoms with Crippen LogP contribution >= 0.6 is 0 Å². The number of anilines is 2. The molecule has 0 atom stereocenters. The zero-order valence-electron chi connectivity index (χ0n) is 13.7. The molecule has 1 aliphatic rings. The predicted octanol–water partition coefficient (Wildman–Crippen LogP) is 3.11. The third-order valence-electron chi connectivity index (χ3n) is 4.15. The molecular formula is C18H20N2O3S. The van der Waals surface area contributed by atoms with E-state index in [9.17, 15) is 13.2 Å². The van der Waals surface area contributed by atoms with Gasteiger partial charge in [-0.2, -0.15) is 0 Å². The lowest BCUT2D eigenvalue weighted by molar-refractivity contribution is 0.102. The Morgan fingerprint density at radius 3 is 2.54 bits per heavy atom. The van der Waals surface area contributed by atoms with Crippen molar-refractivity contribution >= 4 is 27.3 Å². The summed E-state index contributed by atoms with van der Waals surface area (Å²) in [5, 5.41) is 2.88. The highest BCUT2D eigenvalue weighted by Gasteiger charge is 2.14. The number of carbonyl (C=O) groups excluding carboxylic acids is 1. The molecule has 0 aliphatic heterocycles. The normalized spacial score (nSPS) is 13.4. The highest BCUT2D eigenvalue weighted by atomic mass is 32.2. The molecule has 0 saturated heterocycles. The van der Waals surface area contributed by atoms with Crippen molar-refractivity contribution in [2.45, 2.75) is 26.2 Å². The van der Waals surface area contributed by atoms with Crippen molar-refractivity contribution in [3.05, 3.63) is 58.7 Å². The molecule has 0 fully saturated rings. The summed E-state index contributed by atoms with van der Waals surface area (Å²) in [6, 6.07) is 11.0. The van der Waals surface area contributed by atoms with E-state index >= 15 is 0 Å². The number of rotatable bonds is 4. The molecule has 24 heavy (non-hydrogen) atoms. The molecule has 1 amide bonds. The van der Waals surface area contributed by atoms with E-state index < -0.39 is 10.0 Å². The largest absolute Gasteiger partial charge is 0.322 e. The number of carbonyl (C=O) groups is 1. The average molecular weight is 344 g/mol. The van der Waals surface area contributed by atoms with Crippen molar-refractivity contribution in [1.82, 2.24) is 0 Å². The molecule has 3 rings (SSSR count). The van der Waals surface area contributed by atoms with Gasteiger partial charge in [0.2, 0.25) is 10.0 Å². The van der Waals surface area contributed by atoms with Gasteiger partial charge < -0.3 is 5.32 Å². The minimum Gasteiger partial charge on any atom is -0.322 e. The van der Waals surface area contributed by atoms with Gasteiger partial charge in [-0.3, -0.25) is 9.52 Å². The number of fused-ring (bicyclic) bond motifs is 1. The second-order valence-corrected chi connectivity index (χ2v) is 7.94. The quantitative estimate of drug-likeness (QED) is 0.895. The fourth-order valence-electron chi connectivity index (χ4n) is 2.93. The van der Waals surface area contributed by atoms with E-state index in [2.05, 4.69) is 16.1 Å².